The molecule has 0 saturated carbocycles. The second kappa shape index (κ2) is 6.28. The first-order valence-electron chi connectivity index (χ1n) is 8.29. The summed E-state index contributed by atoms with van der Waals surface area (Å²) in [5.41, 5.74) is 3.16. The van der Waals surface area contributed by atoms with E-state index in [1.807, 2.05) is 0 Å². The summed E-state index contributed by atoms with van der Waals surface area (Å²) in [6.07, 6.45) is 5.26. The van der Waals surface area contributed by atoms with Gasteiger partial charge in [0.05, 0.1) is 0 Å². The third kappa shape index (κ3) is 3.07. The van der Waals surface area contributed by atoms with Crippen LogP contribution in [0.25, 0.3) is 0 Å². The van der Waals surface area contributed by atoms with Gasteiger partial charge < -0.3 is 5.32 Å². The van der Waals surface area contributed by atoms with Crippen LogP contribution in [-0.2, 0) is 6.42 Å². The smallest absolute Gasteiger partial charge is 0.0354 e. The zero-order chi connectivity index (χ0) is 13.9. The van der Waals surface area contributed by atoms with Gasteiger partial charge in [-0.15, -0.1) is 0 Å². The molecule has 2 heteroatoms. The standard InChI is InChI=1S/C18H28N2/c1-14(2)12-20(13-16-7-5-11-19-16)18-10-9-15-6-3-4-8-17(15)18/h3-4,6,8,14,16,18-19H,5,7,9-13H2,1-2H3. The number of hydrogen-bond acceptors (Lipinski definition) is 2. The molecule has 3 rings (SSSR count). The molecule has 2 nitrogen and oxygen atoms in total. The van der Waals surface area contributed by atoms with Crippen molar-refractivity contribution in [2.24, 2.45) is 5.92 Å². The lowest BCUT2D eigenvalue weighted by Crippen LogP contribution is -2.41. The van der Waals surface area contributed by atoms with Gasteiger partial charge in [-0.1, -0.05) is 38.1 Å². The van der Waals surface area contributed by atoms with Gasteiger partial charge in [0.2, 0.25) is 0 Å². The van der Waals surface area contributed by atoms with Crippen molar-refractivity contribution in [2.75, 3.05) is 19.6 Å². The second-order valence-electron chi connectivity index (χ2n) is 6.89. The average molecular weight is 272 g/mol. The summed E-state index contributed by atoms with van der Waals surface area (Å²) in [4.78, 5) is 2.75. The highest BCUT2D eigenvalue weighted by molar-refractivity contribution is 5.34. The maximum Gasteiger partial charge on any atom is 0.0354 e. The van der Waals surface area contributed by atoms with Crippen LogP contribution in [0.4, 0.5) is 0 Å². The van der Waals surface area contributed by atoms with Gasteiger partial charge in [-0.3, -0.25) is 4.90 Å². The lowest BCUT2D eigenvalue weighted by Gasteiger charge is -2.33. The molecule has 1 heterocycles. The zero-order valence-corrected chi connectivity index (χ0v) is 12.9. The summed E-state index contributed by atoms with van der Waals surface area (Å²) in [5.74, 6) is 0.740. The lowest BCUT2D eigenvalue weighted by atomic mass is 10.0. The fraction of sp³-hybridized carbons (Fsp3) is 0.667. The molecule has 1 fully saturated rings. The SMILES string of the molecule is CC(C)CN(CC1CCCN1)C1CCc2ccccc21. The Morgan fingerprint density at radius 3 is 2.85 bits per heavy atom. The first-order valence-corrected chi connectivity index (χ1v) is 8.29. The molecule has 1 aliphatic carbocycles. The van der Waals surface area contributed by atoms with Gasteiger partial charge >= 0.3 is 0 Å². The average Bonchev–Trinajstić information content (AvgIpc) is 3.05. The van der Waals surface area contributed by atoms with Crippen LogP contribution >= 0.6 is 0 Å². The Labute approximate surface area is 123 Å². The Morgan fingerprint density at radius 1 is 1.25 bits per heavy atom. The molecule has 1 N–H and O–H groups in total. The summed E-state index contributed by atoms with van der Waals surface area (Å²) < 4.78 is 0. The topological polar surface area (TPSA) is 15.3 Å². The zero-order valence-electron chi connectivity index (χ0n) is 12.9. The van der Waals surface area contributed by atoms with Gasteiger partial charge in [0.25, 0.3) is 0 Å². The van der Waals surface area contributed by atoms with E-state index in [9.17, 15) is 0 Å². The largest absolute Gasteiger partial charge is 0.313 e. The number of aryl methyl sites for hydroxylation is 1. The van der Waals surface area contributed by atoms with Crippen LogP contribution in [0.15, 0.2) is 24.3 Å². The lowest BCUT2D eigenvalue weighted by molar-refractivity contribution is 0.160. The van der Waals surface area contributed by atoms with E-state index in [2.05, 4.69) is 48.3 Å². The van der Waals surface area contributed by atoms with Crippen LogP contribution in [0.5, 0.6) is 0 Å². The Balaban J connectivity index is 1.75. The molecule has 1 aromatic carbocycles. The summed E-state index contributed by atoms with van der Waals surface area (Å²) in [5, 5.41) is 3.67. The molecular weight excluding hydrogens is 244 g/mol. The van der Waals surface area contributed by atoms with Gasteiger partial charge in [0.15, 0.2) is 0 Å². The van der Waals surface area contributed by atoms with Gasteiger partial charge in [-0.2, -0.15) is 0 Å². The minimum absolute atomic E-state index is 0.649. The van der Waals surface area contributed by atoms with Crippen molar-refractivity contribution in [3.05, 3.63) is 35.4 Å². The van der Waals surface area contributed by atoms with Crippen molar-refractivity contribution in [3.8, 4) is 0 Å². The molecule has 0 spiro atoms. The van der Waals surface area contributed by atoms with E-state index >= 15 is 0 Å². The molecule has 20 heavy (non-hydrogen) atoms. The van der Waals surface area contributed by atoms with Crippen molar-refractivity contribution < 1.29 is 0 Å². The summed E-state index contributed by atoms with van der Waals surface area (Å²) in [6.45, 7) is 8.33. The van der Waals surface area contributed by atoms with E-state index in [0.29, 0.717) is 12.1 Å². The molecule has 0 aromatic heterocycles. The quantitative estimate of drug-likeness (QED) is 0.884. The van der Waals surface area contributed by atoms with Crippen molar-refractivity contribution in [1.29, 1.82) is 0 Å². The highest BCUT2D eigenvalue weighted by Crippen LogP contribution is 2.36. The summed E-state index contributed by atoms with van der Waals surface area (Å²) in [7, 11) is 0. The molecule has 0 bridgehead atoms. The first kappa shape index (κ1) is 14.1. The summed E-state index contributed by atoms with van der Waals surface area (Å²) >= 11 is 0. The van der Waals surface area contributed by atoms with E-state index in [4.69, 9.17) is 0 Å². The fourth-order valence-electron chi connectivity index (χ4n) is 3.91. The van der Waals surface area contributed by atoms with Gasteiger partial charge in [-0.05, 0) is 49.3 Å². The Bertz CT molecular complexity index is 435. The number of nitrogens with one attached hydrogen (secondary N) is 1. The maximum atomic E-state index is 3.67. The third-order valence-electron chi connectivity index (χ3n) is 4.76. The molecular formula is C18H28N2. The van der Waals surface area contributed by atoms with Crippen LogP contribution in [-0.4, -0.2) is 30.6 Å². The van der Waals surface area contributed by atoms with E-state index < -0.39 is 0 Å². The molecule has 1 saturated heterocycles. The highest BCUT2D eigenvalue weighted by Gasteiger charge is 2.30. The molecule has 2 aliphatic rings. The normalized spacial score (nSPS) is 25.6. The van der Waals surface area contributed by atoms with Crippen molar-refractivity contribution in [2.45, 2.75) is 51.6 Å². The van der Waals surface area contributed by atoms with Crippen molar-refractivity contribution >= 4 is 0 Å². The predicted octanol–water partition coefficient (Wildman–Crippen LogP) is 3.38. The minimum atomic E-state index is 0.649. The predicted molar refractivity (Wildman–Crippen MR) is 84.9 cm³/mol. The molecule has 1 aliphatic heterocycles. The van der Waals surface area contributed by atoms with Crippen LogP contribution in [0.2, 0.25) is 0 Å². The Kier molecular flexibility index (Phi) is 4.42. The minimum Gasteiger partial charge on any atom is -0.313 e. The first-order chi connectivity index (χ1) is 9.74. The van der Waals surface area contributed by atoms with Crippen LogP contribution < -0.4 is 5.32 Å². The van der Waals surface area contributed by atoms with Crippen molar-refractivity contribution in [1.82, 2.24) is 10.2 Å². The maximum absolute atomic E-state index is 3.67. The highest BCUT2D eigenvalue weighted by atomic mass is 15.2. The second-order valence-corrected chi connectivity index (χ2v) is 6.89. The molecule has 2 unspecified atom stereocenters. The van der Waals surface area contributed by atoms with E-state index in [1.54, 1.807) is 11.1 Å². The monoisotopic (exact) mass is 272 g/mol. The number of nitrogens with zero attached hydrogens (tertiary/aromatic N) is 1. The Morgan fingerprint density at radius 2 is 2.10 bits per heavy atom. The summed E-state index contributed by atoms with van der Waals surface area (Å²) in [6, 6.07) is 10.4. The number of benzene rings is 1. The molecule has 2 atom stereocenters. The fourth-order valence-corrected chi connectivity index (χ4v) is 3.91. The van der Waals surface area contributed by atoms with Crippen LogP contribution in [0, 0.1) is 5.92 Å². The number of fused-ring (bicyclic) bond motifs is 1. The van der Waals surface area contributed by atoms with E-state index in [1.165, 1.54) is 45.3 Å². The van der Waals surface area contributed by atoms with Gasteiger partial charge in [0.1, 0.15) is 0 Å². The molecule has 0 radical (unpaired) electrons. The van der Waals surface area contributed by atoms with Crippen LogP contribution in [0.1, 0.15) is 50.3 Å². The molecule has 0 amide bonds. The number of rotatable bonds is 5. The van der Waals surface area contributed by atoms with Gasteiger partial charge in [-0.25, -0.2) is 0 Å². The van der Waals surface area contributed by atoms with E-state index in [-0.39, 0.29) is 0 Å². The van der Waals surface area contributed by atoms with Gasteiger partial charge in [0, 0.05) is 25.2 Å². The van der Waals surface area contributed by atoms with Crippen molar-refractivity contribution in [3.63, 3.8) is 0 Å². The molecule has 1 aromatic rings. The van der Waals surface area contributed by atoms with E-state index in [0.717, 1.165) is 5.92 Å². The van der Waals surface area contributed by atoms with Crippen LogP contribution in [0.3, 0.4) is 0 Å². The third-order valence-corrected chi connectivity index (χ3v) is 4.76. The molecule has 110 valence electrons. The Hall–Kier alpha value is -0.860. The number of hydrogen-bond donors (Lipinski definition) is 1.